The zero-order valence-electron chi connectivity index (χ0n) is 15.4. The number of benzene rings is 2. The van der Waals surface area contributed by atoms with E-state index in [1.807, 2.05) is 66.3 Å². The van der Waals surface area contributed by atoms with E-state index in [2.05, 4.69) is 10.3 Å². The summed E-state index contributed by atoms with van der Waals surface area (Å²) in [7, 11) is 3.53. The number of halogens is 1. The van der Waals surface area contributed by atoms with Crippen molar-refractivity contribution >= 4 is 17.5 Å². The van der Waals surface area contributed by atoms with Gasteiger partial charge in [0.2, 0.25) is 5.91 Å². The predicted octanol–water partition coefficient (Wildman–Crippen LogP) is 3.92. The van der Waals surface area contributed by atoms with Gasteiger partial charge in [-0.3, -0.25) is 4.79 Å². The van der Waals surface area contributed by atoms with Gasteiger partial charge in [-0.05, 0) is 41.8 Å². The topological polar surface area (TPSA) is 56.1 Å². The van der Waals surface area contributed by atoms with Crippen LogP contribution in [-0.4, -0.2) is 22.6 Å². The van der Waals surface area contributed by atoms with Gasteiger partial charge in [0.05, 0.1) is 7.11 Å². The summed E-state index contributed by atoms with van der Waals surface area (Å²) in [5, 5.41) is 3.78. The number of rotatable bonds is 7. The van der Waals surface area contributed by atoms with Crippen molar-refractivity contribution in [3.8, 4) is 5.75 Å². The lowest BCUT2D eigenvalue weighted by molar-refractivity contribution is -0.121. The number of imidazole rings is 1. The van der Waals surface area contributed by atoms with Crippen LogP contribution < -0.4 is 10.1 Å². The van der Waals surface area contributed by atoms with Gasteiger partial charge >= 0.3 is 0 Å². The lowest BCUT2D eigenvalue weighted by atomic mass is 10.0. The molecule has 3 aromatic rings. The zero-order chi connectivity index (χ0) is 19.2. The molecular formula is C21H22ClN3O2. The maximum atomic E-state index is 12.6. The normalized spacial score (nSPS) is 11.8. The molecule has 27 heavy (non-hydrogen) atoms. The van der Waals surface area contributed by atoms with E-state index in [4.69, 9.17) is 16.3 Å². The molecule has 3 rings (SSSR count). The number of nitrogens with one attached hydrogen (secondary N) is 1. The second kappa shape index (κ2) is 8.73. The molecule has 140 valence electrons. The highest BCUT2D eigenvalue weighted by atomic mass is 35.5. The first-order chi connectivity index (χ1) is 13.1. The van der Waals surface area contributed by atoms with Crippen LogP contribution in [0.15, 0.2) is 60.9 Å². The highest BCUT2D eigenvalue weighted by Crippen LogP contribution is 2.24. The van der Waals surface area contributed by atoms with Crippen molar-refractivity contribution in [1.29, 1.82) is 0 Å². The molecule has 5 nitrogen and oxygen atoms in total. The molecule has 2 aromatic carbocycles. The summed E-state index contributed by atoms with van der Waals surface area (Å²) >= 11 is 6.01. The van der Waals surface area contributed by atoms with Crippen molar-refractivity contribution in [2.45, 2.75) is 18.9 Å². The summed E-state index contributed by atoms with van der Waals surface area (Å²) < 4.78 is 7.23. The number of nitrogens with zero attached hydrogens (tertiary/aromatic N) is 2. The van der Waals surface area contributed by atoms with E-state index in [1.165, 1.54) is 0 Å². The monoisotopic (exact) mass is 383 g/mol. The summed E-state index contributed by atoms with van der Waals surface area (Å²) in [6, 6.07) is 14.9. The molecule has 1 N–H and O–H groups in total. The Bertz CT molecular complexity index is 923. The van der Waals surface area contributed by atoms with Crippen LogP contribution in [0.4, 0.5) is 0 Å². The smallest absolute Gasteiger partial charge is 0.221 e. The summed E-state index contributed by atoms with van der Waals surface area (Å²) in [6.45, 7) is 0. The van der Waals surface area contributed by atoms with Gasteiger partial charge in [-0.2, -0.15) is 0 Å². The number of hydrogen-bond acceptors (Lipinski definition) is 3. The molecule has 1 heterocycles. The second-order valence-corrected chi connectivity index (χ2v) is 6.74. The summed E-state index contributed by atoms with van der Waals surface area (Å²) in [6.07, 6.45) is 4.57. The number of aryl methyl sites for hydroxylation is 2. The zero-order valence-corrected chi connectivity index (χ0v) is 16.1. The van der Waals surface area contributed by atoms with Gasteiger partial charge in [0.25, 0.3) is 0 Å². The Morgan fingerprint density at radius 3 is 2.78 bits per heavy atom. The van der Waals surface area contributed by atoms with Crippen LogP contribution in [0, 0.1) is 0 Å². The minimum atomic E-state index is -0.355. The average Bonchev–Trinajstić information content (AvgIpc) is 3.10. The first-order valence-electron chi connectivity index (χ1n) is 8.72. The maximum absolute atomic E-state index is 12.6. The van der Waals surface area contributed by atoms with Crippen molar-refractivity contribution in [2.75, 3.05) is 7.11 Å². The number of amides is 1. The fourth-order valence-electron chi connectivity index (χ4n) is 2.96. The number of hydrogen-bond donors (Lipinski definition) is 1. The molecular weight excluding hydrogens is 362 g/mol. The molecule has 0 aliphatic rings. The molecule has 1 atom stereocenters. The minimum Gasteiger partial charge on any atom is -0.497 e. The number of methoxy groups -OCH3 is 1. The maximum Gasteiger partial charge on any atom is 0.221 e. The quantitative estimate of drug-likeness (QED) is 0.672. The van der Waals surface area contributed by atoms with Crippen LogP contribution >= 0.6 is 11.6 Å². The Balaban J connectivity index is 1.77. The van der Waals surface area contributed by atoms with E-state index >= 15 is 0 Å². The van der Waals surface area contributed by atoms with Crippen LogP contribution in [0.5, 0.6) is 5.75 Å². The van der Waals surface area contributed by atoms with Crippen LogP contribution in [-0.2, 0) is 18.3 Å². The van der Waals surface area contributed by atoms with Crippen LogP contribution in [0.25, 0.3) is 0 Å². The molecule has 0 bridgehead atoms. The number of carbonyl (C=O) groups is 1. The first kappa shape index (κ1) is 19.0. The van der Waals surface area contributed by atoms with Crippen LogP contribution in [0.1, 0.15) is 29.4 Å². The van der Waals surface area contributed by atoms with E-state index in [1.54, 1.807) is 13.3 Å². The summed E-state index contributed by atoms with van der Waals surface area (Å²) in [5.41, 5.74) is 1.95. The third kappa shape index (κ3) is 4.89. The Morgan fingerprint density at radius 1 is 1.26 bits per heavy atom. The standard InChI is InChI=1S/C21H22ClN3O2/c1-25-12-11-23-21(25)20(16-6-4-8-18(14-16)27-2)24-19(26)10-9-15-5-3-7-17(22)13-15/h3-8,11-14,20H,9-10H2,1-2H3,(H,24,26). The van der Waals surface area contributed by atoms with Crippen molar-refractivity contribution in [1.82, 2.24) is 14.9 Å². The summed E-state index contributed by atoms with van der Waals surface area (Å²) in [5.74, 6) is 1.45. The largest absolute Gasteiger partial charge is 0.497 e. The fraction of sp³-hybridized carbons (Fsp3) is 0.238. The van der Waals surface area contributed by atoms with E-state index in [-0.39, 0.29) is 11.9 Å². The van der Waals surface area contributed by atoms with Gasteiger partial charge in [0.15, 0.2) is 0 Å². The predicted molar refractivity (Wildman–Crippen MR) is 106 cm³/mol. The molecule has 0 saturated heterocycles. The van der Waals surface area contributed by atoms with E-state index in [0.717, 1.165) is 22.7 Å². The number of carbonyl (C=O) groups excluding carboxylic acids is 1. The van der Waals surface area contributed by atoms with Crippen molar-refractivity contribution < 1.29 is 9.53 Å². The average molecular weight is 384 g/mol. The van der Waals surface area contributed by atoms with Crippen LogP contribution in [0.3, 0.4) is 0 Å². The Kier molecular flexibility index (Phi) is 6.14. The van der Waals surface area contributed by atoms with Gasteiger partial charge in [0.1, 0.15) is 17.6 Å². The van der Waals surface area contributed by atoms with Crippen molar-refractivity contribution in [2.24, 2.45) is 7.05 Å². The third-order valence-electron chi connectivity index (χ3n) is 4.38. The highest BCUT2D eigenvalue weighted by molar-refractivity contribution is 6.30. The molecule has 1 unspecified atom stereocenters. The molecule has 0 saturated carbocycles. The molecule has 0 aliphatic carbocycles. The Labute approximate surface area is 164 Å². The number of ether oxygens (including phenoxy) is 1. The van der Waals surface area contributed by atoms with Crippen LogP contribution in [0.2, 0.25) is 5.02 Å². The highest BCUT2D eigenvalue weighted by Gasteiger charge is 2.21. The SMILES string of the molecule is COc1cccc(C(NC(=O)CCc2cccc(Cl)c2)c2nccn2C)c1. The second-order valence-electron chi connectivity index (χ2n) is 6.30. The first-order valence-corrected chi connectivity index (χ1v) is 9.09. The van der Waals surface area contributed by atoms with E-state index in [0.29, 0.717) is 17.9 Å². The molecule has 0 aliphatic heterocycles. The molecule has 0 fully saturated rings. The Morgan fingerprint density at radius 2 is 2.07 bits per heavy atom. The van der Waals surface area contributed by atoms with Gasteiger partial charge in [-0.15, -0.1) is 0 Å². The molecule has 1 amide bonds. The van der Waals surface area contributed by atoms with Gasteiger partial charge < -0.3 is 14.6 Å². The summed E-state index contributed by atoms with van der Waals surface area (Å²) in [4.78, 5) is 17.1. The van der Waals surface area contributed by atoms with E-state index in [9.17, 15) is 4.79 Å². The molecule has 6 heteroatoms. The Hall–Kier alpha value is -2.79. The number of aromatic nitrogens is 2. The van der Waals surface area contributed by atoms with E-state index < -0.39 is 0 Å². The third-order valence-corrected chi connectivity index (χ3v) is 4.61. The lowest BCUT2D eigenvalue weighted by Gasteiger charge is -2.20. The van der Waals surface area contributed by atoms with Gasteiger partial charge in [0, 0.05) is 30.9 Å². The molecule has 1 aromatic heterocycles. The van der Waals surface area contributed by atoms with Crippen molar-refractivity contribution in [3.05, 3.63) is 82.9 Å². The lowest BCUT2D eigenvalue weighted by Crippen LogP contribution is -2.31. The molecule has 0 spiro atoms. The minimum absolute atomic E-state index is 0.0502. The molecule has 0 radical (unpaired) electrons. The van der Waals surface area contributed by atoms with Gasteiger partial charge in [-0.25, -0.2) is 4.98 Å². The fourth-order valence-corrected chi connectivity index (χ4v) is 3.17. The van der Waals surface area contributed by atoms with Gasteiger partial charge in [-0.1, -0.05) is 35.9 Å². The van der Waals surface area contributed by atoms with Crippen molar-refractivity contribution in [3.63, 3.8) is 0 Å².